The molecular formula is C14H21FN2. The maximum absolute atomic E-state index is 13.7. The third-order valence-electron chi connectivity index (χ3n) is 2.73. The summed E-state index contributed by atoms with van der Waals surface area (Å²) in [6.07, 6.45) is 1.81. The predicted octanol–water partition coefficient (Wildman–Crippen LogP) is 2.95. The molecular weight excluding hydrogens is 215 g/mol. The average molecular weight is 236 g/mol. The Morgan fingerprint density at radius 1 is 1.35 bits per heavy atom. The highest BCUT2D eigenvalue weighted by molar-refractivity contribution is 5.49. The standard InChI is InChI=1S/C14H21FN2/c1-4-9-16-11-12-7-8-13(15)14(10-12)17(5-2)6-3/h4,7-8,10,16H,1,5-6,9,11H2,2-3H3. The first kappa shape index (κ1) is 13.7. The number of hydrogen-bond acceptors (Lipinski definition) is 2. The Morgan fingerprint density at radius 2 is 2.06 bits per heavy atom. The normalized spacial score (nSPS) is 10.3. The fourth-order valence-corrected chi connectivity index (χ4v) is 1.79. The zero-order valence-electron chi connectivity index (χ0n) is 10.7. The number of halogens is 1. The second kappa shape index (κ2) is 7.07. The second-order valence-corrected chi connectivity index (χ2v) is 3.88. The van der Waals surface area contributed by atoms with E-state index in [0.717, 1.165) is 31.7 Å². The van der Waals surface area contributed by atoms with Crippen LogP contribution in [0.15, 0.2) is 30.9 Å². The molecule has 0 spiro atoms. The lowest BCUT2D eigenvalue weighted by Crippen LogP contribution is -2.23. The van der Waals surface area contributed by atoms with E-state index in [1.807, 2.05) is 37.0 Å². The number of benzene rings is 1. The topological polar surface area (TPSA) is 15.3 Å². The molecule has 0 fully saturated rings. The molecule has 0 aliphatic rings. The molecule has 17 heavy (non-hydrogen) atoms. The number of anilines is 1. The van der Waals surface area contributed by atoms with Crippen LogP contribution >= 0.6 is 0 Å². The number of hydrogen-bond donors (Lipinski definition) is 1. The van der Waals surface area contributed by atoms with Crippen LogP contribution < -0.4 is 10.2 Å². The van der Waals surface area contributed by atoms with Crippen molar-refractivity contribution in [2.24, 2.45) is 0 Å². The molecule has 1 N–H and O–H groups in total. The zero-order chi connectivity index (χ0) is 12.7. The van der Waals surface area contributed by atoms with Crippen molar-refractivity contribution in [1.82, 2.24) is 5.32 Å². The molecule has 0 aromatic heterocycles. The average Bonchev–Trinajstić information content (AvgIpc) is 2.34. The lowest BCUT2D eigenvalue weighted by Gasteiger charge is -2.22. The van der Waals surface area contributed by atoms with Crippen LogP contribution in [-0.2, 0) is 6.54 Å². The molecule has 0 saturated heterocycles. The van der Waals surface area contributed by atoms with Crippen molar-refractivity contribution in [3.05, 3.63) is 42.2 Å². The molecule has 0 saturated carbocycles. The van der Waals surface area contributed by atoms with Gasteiger partial charge in [-0.3, -0.25) is 0 Å². The first-order chi connectivity index (χ1) is 8.22. The molecule has 0 aliphatic carbocycles. The van der Waals surface area contributed by atoms with Crippen LogP contribution in [0.4, 0.5) is 10.1 Å². The van der Waals surface area contributed by atoms with Gasteiger partial charge < -0.3 is 10.2 Å². The van der Waals surface area contributed by atoms with Crippen molar-refractivity contribution >= 4 is 5.69 Å². The maximum Gasteiger partial charge on any atom is 0.146 e. The van der Waals surface area contributed by atoms with Gasteiger partial charge in [-0.05, 0) is 31.5 Å². The smallest absolute Gasteiger partial charge is 0.146 e. The molecule has 1 aromatic carbocycles. The van der Waals surface area contributed by atoms with Gasteiger partial charge in [0.25, 0.3) is 0 Å². The van der Waals surface area contributed by atoms with Gasteiger partial charge in [-0.2, -0.15) is 0 Å². The maximum atomic E-state index is 13.7. The second-order valence-electron chi connectivity index (χ2n) is 3.88. The van der Waals surface area contributed by atoms with Crippen molar-refractivity contribution in [1.29, 1.82) is 0 Å². The third-order valence-corrected chi connectivity index (χ3v) is 2.73. The first-order valence-corrected chi connectivity index (χ1v) is 6.07. The highest BCUT2D eigenvalue weighted by atomic mass is 19.1. The molecule has 2 nitrogen and oxygen atoms in total. The van der Waals surface area contributed by atoms with E-state index in [1.165, 1.54) is 0 Å². The first-order valence-electron chi connectivity index (χ1n) is 6.07. The van der Waals surface area contributed by atoms with Crippen LogP contribution in [-0.4, -0.2) is 19.6 Å². The minimum atomic E-state index is -0.152. The van der Waals surface area contributed by atoms with E-state index in [9.17, 15) is 4.39 Å². The molecule has 94 valence electrons. The van der Waals surface area contributed by atoms with E-state index in [4.69, 9.17) is 0 Å². The minimum absolute atomic E-state index is 0.152. The van der Waals surface area contributed by atoms with Crippen molar-refractivity contribution in [3.63, 3.8) is 0 Å². The van der Waals surface area contributed by atoms with E-state index in [2.05, 4.69) is 11.9 Å². The van der Waals surface area contributed by atoms with E-state index in [1.54, 1.807) is 6.07 Å². The number of nitrogens with one attached hydrogen (secondary N) is 1. The van der Waals surface area contributed by atoms with Crippen LogP contribution in [0.5, 0.6) is 0 Å². The molecule has 3 heteroatoms. The zero-order valence-corrected chi connectivity index (χ0v) is 10.7. The summed E-state index contributed by atoms with van der Waals surface area (Å²) in [5.74, 6) is -0.152. The minimum Gasteiger partial charge on any atom is -0.370 e. The molecule has 0 amide bonds. The van der Waals surface area contributed by atoms with Gasteiger partial charge in [-0.25, -0.2) is 4.39 Å². The highest BCUT2D eigenvalue weighted by Gasteiger charge is 2.08. The van der Waals surface area contributed by atoms with Crippen molar-refractivity contribution < 1.29 is 4.39 Å². The summed E-state index contributed by atoms with van der Waals surface area (Å²) in [6, 6.07) is 5.27. The molecule has 0 bridgehead atoms. The van der Waals surface area contributed by atoms with E-state index in [-0.39, 0.29) is 5.82 Å². The van der Waals surface area contributed by atoms with Gasteiger partial charge in [-0.15, -0.1) is 6.58 Å². The largest absolute Gasteiger partial charge is 0.370 e. The fraction of sp³-hybridized carbons (Fsp3) is 0.429. The summed E-state index contributed by atoms with van der Waals surface area (Å²) >= 11 is 0. The molecule has 0 heterocycles. The molecule has 0 aliphatic heterocycles. The Balaban J connectivity index is 2.81. The highest BCUT2D eigenvalue weighted by Crippen LogP contribution is 2.20. The van der Waals surface area contributed by atoms with Gasteiger partial charge in [0.05, 0.1) is 5.69 Å². The van der Waals surface area contributed by atoms with Crippen LogP contribution in [0.3, 0.4) is 0 Å². The summed E-state index contributed by atoms with van der Waals surface area (Å²) in [5, 5.41) is 3.21. The third kappa shape index (κ3) is 3.86. The predicted molar refractivity (Wildman–Crippen MR) is 71.9 cm³/mol. The summed E-state index contributed by atoms with van der Waals surface area (Å²) in [5.41, 5.74) is 1.78. The number of nitrogens with zero attached hydrogens (tertiary/aromatic N) is 1. The SMILES string of the molecule is C=CCNCc1ccc(F)c(N(CC)CC)c1. The molecule has 1 aromatic rings. The van der Waals surface area contributed by atoms with Gasteiger partial charge in [0, 0.05) is 26.2 Å². The van der Waals surface area contributed by atoms with Gasteiger partial charge >= 0.3 is 0 Å². The van der Waals surface area contributed by atoms with Crippen LogP contribution in [0.1, 0.15) is 19.4 Å². The number of rotatable bonds is 7. The molecule has 1 rings (SSSR count). The van der Waals surface area contributed by atoms with E-state index in [0.29, 0.717) is 5.69 Å². The van der Waals surface area contributed by atoms with Crippen molar-refractivity contribution in [2.75, 3.05) is 24.5 Å². The van der Waals surface area contributed by atoms with Crippen LogP contribution in [0.25, 0.3) is 0 Å². The van der Waals surface area contributed by atoms with Crippen molar-refractivity contribution in [2.45, 2.75) is 20.4 Å². The Bertz CT molecular complexity index is 359. The van der Waals surface area contributed by atoms with Gasteiger partial charge in [0.2, 0.25) is 0 Å². The molecule has 0 radical (unpaired) electrons. The van der Waals surface area contributed by atoms with Crippen molar-refractivity contribution in [3.8, 4) is 0 Å². The van der Waals surface area contributed by atoms with E-state index < -0.39 is 0 Å². The summed E-state index contributed by atoms with van der Waals surface area (Å²) in [4.78, 5) is 2.02. The van der Waals surface area contributed by atoms with E-state index >= 15 is 0 Å². The van der Waals surface area contributed by atoms with Gasteiger partial charge in [0.1, 0.15) is 5.82 Å². The molecule has 0 unspecified atom stereocenters. The lowest BCUT2D eigenvalue weighted by atomic mass is 10.1. The summed E-state index contributed by atoms with van der Waals surface area (Å²) in [6.45, 7) is 10.8. The molecule has 0 atom stereocenters. The van der Waals surface area contributed by atoms with Crippen LogP contribution in [0.2, 0.25) is 0 Å². The lowest BCUT2D eigenvalue weighted by molar-refractivity contribution is 0.618. The fourth-order valence-electron chi connectivity index (χ4n) is 1.79. The van der Waals surface area contributed by atoms with Gasteiger partial charge in [-0.1, -0.05) is 12.1 Å². The monoisotopic (exact) mass is 236 g/mol. The quantitative estimate of drug-likeness (QED) is 0.578. The van der Waals surface area contributed by atoms with Crippen LogP contribution in [0, 0.1) is 5.82 Å². The Labute approximate surface area is 103 Å². The Morgan fingerprint density at radius 3 is 2.65 bits per heavy atom. The summed E-state index contributed by atoms with van der Waals surface area (Å²) < 4.78 is 13.7. The Kier molecular flexibility index (Phi) is 5.70. The summed E-state index contributed by atoms with van der Waals surface area (Å²) in [7, 11) is 0. The Hall–Kier alpha value is -1.35. The van der Waals surface area contributed by atoms with Gasteiger partial charge in [0.15, 0.2) is 0 Å².